The lowest BCUT2D eigenvalue weighted by Crippen LogP contribution is -2.49. The van der Waals surface area contributed by atoms with Crippen molar-refractivity contribution in [3.8, 4) is 5.75 Å². The number of halogens is 1. The molecule has 2 saturated heterocycles. The quantitative estimate of drug-likeness (QED) is 0.503. The summed E-state index contributed by atoms with van der Waals surface area (Å²) in [6, 6.07) is 6.12. The number of piperazine rings is 1. The molecule has 168 valence electrons. The lowest BCUT2D eigenvalue weighted by atomic mass is 10.1. The number of likely N-dealkylation sites (N-methyl/N-ethyl adjacent to an activating group) is 1. The first-order valence-corrected chi connectivity index (χ1v) is 11.3. The van der Waals surface area contributed by atoms with E-state index in [1.54, 1.807) is 7.11 Å². The molecule has 1 aromatic carbocycles. The molecule has 0 spiro atoms. The zero-order valence-corrected chi connectivity index (χ0v) is 19.6. The molecule has 2 aliphatic rings. The minimum atomic E-state index is 0.341. The molecule has 0 saturated carbocycles. The summed E-state index contributed by atoms with van der Waals surface area (Å²) >= 11 is 6.21. The van der Waals surface area contributed by atoms with E-state index in [2.05, 4.69) is 44.3 Å². The molecule has 2 unspecified atom stereocenters. The van der Waals surface area contributed by atoms with Crippen LogP contribution >= 0.6 is 11.6 Å². The molecule has 1 aromatic rings. The Morgan fingerprint density at radius 2 is 2.03 bits per heavy atom. The summed E-state index contributed by atoms with van der Waals surface area (Å²) in [5.41, 5.74) is 1.05. The van der Waals surface area contributed by atoms with E-state index in [4.69, 9.17) is 16.3 Å². The Balaban J connectivity index is 1.44. The maximum absolute atomic E-state index is 6.21. The average molecular weight is 437 g/mol. The molecule has 0 bridgehead atoms. The number of aliphatic imine (C=N–C) groups is 1. The number of rotatable bonds is 7. The van der Waals surface area contributed by atoms with Gasteiger partial charge in [-0.3, -0.25) is 4.99 Å². The van der Waals surface area contributed by atoms with E-state index in [1.807, 2.05) is 25.2 Å². The number of hydrogen-bond donors (Lipinski definition) is 2. The van der Waals surface area contributed by atoms with Crippen LogP contribution in [0.25, 0.3) is 0 Å². The molecule has 2 heterocycles. The van der Waals surface area contributed by atoms with Crippen LogP contribution in [0.3, 0.4) is 0 Å². The lowest BCUT2D eigenvalue weighted by Gasteiger charge is -2.34. The summed E-state index contributed by atoms with van der Waals surface area (Å²) in [6.07, 6.45) is 1.05. The van der Waals surface area contributed by atoms with E-state index in [-0.39, 0.29) is 0 Å². The summed E-state index contributed by atoms with van der Waals surface area (Å²) in [4.78, 5) is 11.7. The van der Waals surface area contributed by atoms with E-state index in [9.17, 15) is 0 Å². The fourth-order valence-corrected chi connectivity index (χ4v) is 4.37. The second-order valence-corrected chi connectivity index (χ2v) is 8.99. The number of hydrogen-bond acceptors (Lipinski definition) is 5. The summed E-state index contributed by atoms with van der Waals surface area (Å²) < 4.78 is 5.52. The van der Waals surface area contributed by atoms with E-state index in [0.29, 0.717) is 12.0 Å². The van der Waals surface area contributed by atoms with Gasteiger partial charge in [0, 0.05) is 70.5 Å². The van der Waals surface area contributed by atoms with Crippen LogP contribution in [0.1, 0.15) is 13.3 Å². The first-order chi connectivity index (χ1) is 14.5. The van der Waals surface area contributed by atoms with Gasteiger partial charge in [-0.25, -0.2) is 0 Å². The van der Waals surface area contributed by atoms with Crippen LogP contribution in [-0.4, -0.2) is 95.4 Å². The van der Waals surface area contributed by atoms with Crippen molar-refractivity contribution in [3.63, 3.8) is 0 Å². The predicted octanol–water partition coefficient (Wildman–Crippen LogP) is 1.98. The number of methoxy groups -OCH3 is 1. The molecular weight excluding hydrogens is 400 g/mol. The van der Waals surface area contributed by atoms with Crippen molar-refractivity contribution in [2.24, 2.45) is 10.9 Å². The van der Waals surface area contributed by atoms with Crippen molar-refractivity contribution in [3.05, 3.63) is 23.2 Å². The highest BCUT2D eigenvalue weighted by molar-refractivity contribution is 6.30. The smallest absolute Gasteiger partial charge is 0.191 e. The van der Waals surface area contributed by atoms with Crippen molar-refractivity contribution in [2.45, 2.75) is 19.4 Å². The van der Waals surface area contributed by atoms with Gasteiger partial charge in [0.25, 0.3) is 0 Å². The normalized spacial score (nSPS) is 22.2. The molecule has 7 nitrogen and oxygen atoms in total. The molecule has 30 heavy (non-hydrogen) atoms. The fourth-order valence-electron chi connectivity index (χ4n) is 4.20. The van der Waals surface area contributed by atoms with Crippen molar-refractivity contribution in [1.29, 1.82) is 0 Å². The third kappa shape index (κ3) is 6.40. The summed E-state index contributed by atoms with van der Waals surface area (Å²) in [6.45, 7) is 10.9. The molecule has 0 radical (unpaired) electrons. The van der Waals surface area contributed by atoms with Crippen LogP contribution < -0.4 is 20.3 Å². The number of nitrogens with zero attached hydrogens (tertiary/aromatic N) is 4. The van der Waals surface area contributed by atoms with Gasteiger partial charge in [0.2, 0.25) is 0 Å². The number of anilines is 1. The summed E-state index contributed by atoms with van der Waals surface area (Å²) in [5.74, 6) is 2.31. The molecular formula is C22H37ClN6O. The zero-order chi connectivity index (χ0) is 21.5. The van der Waals surface area contributed by atoms with Crippen LogP contribution in [0.5, 0.6) is 5.75 Å². The Kier molecular flexibility index (Phi) is 8.48. The van der Waals surface area contributed by atoms with Gasteiger partial charge in [0.1, 0.15) is 5.75 Å². The highest BCUT2D eigenvalue weighted by atomic mass is 35.5. The molecule has 0 aromatic heterocycles. The third-order valence-corrected chi connectivity index (χ3v) is 6.25. The van der Waals surface area contributed by atoms with Crippen molar-refractivity contribution in [2.75, 3.05) is 78.5 Å². The van der Waals surface area contributed by atoms with E-state index >= 15 is 0 Å². The molecule has 0 amide bonds. The van der Waals surface area contributed by atoms with E-state index in [0.717, 1.165) is 55.0 Å². The van der Waals surface area contributed by atoms with Crippen molar-refractivity contribution >= 4 is 23.2 Å². The van der Waals surface area contributed by atoms with Gasteiger partial charge < -0.3 is 30.1 Å². The monoisotopic (exact) mass is 436 g/mol. The Morgan fingerprint density at radius 3 is 2.73 bits per heavy atom. The second kappa shape index (κ2) is 11.1. The Bertz CT molecular complexity index is 707. The molecule has 3 rings (SSSR count). The molecule has 2 fully saturated rings. The van der Waals surface area contributed by atoms with Crippen LogP contribution in [0.15, 0.2) is 23.2 Å². The van der Waals surface area contributed by atoms with Gasteiger partial charge in [-0.15, -0.1) is 0 Å². The maximum Gasteiger partial charge on any atom is 0.191 e. The van der Waals surface area contributed by atoms with Gasteiger partial charge in [-0.2, -0.15) is 0 Å². The molecule has 0 aliphatic carbocycles. The average Bonchev–Trinajstić information content (AvgIpc) is 3.21. The number of nitrogens with one attached hydrogen (secondary N) is 2. The topological polar surface area (TPSA) is 55.4 Å². The Hall–Kier alpha value is -1.70. The van der Waals surface area contributed by atoms with Crippen molar-refractivity contribution in [1.82, 2.24) is 20.4 Å². The maximum atomic E-state index is 6.21. The highest BCUT2D eigenvalue weighted by Crippen LogP contribution is 2.33. The van der Waals surface area contributed by atoms with Crippen LogP contribution in [0.4, 0.5) is 5.69 Å². The zero-order valence-electron chi connectivity index (χ0n) is 18.8. The van der Waals surface area contributed by atoms with Crippen LogP contribution in [-0.2, 0) is 0 Å². The highest BCUT2D eigenvalue weighted by Gasteiger charge is 2.26. The minimum Gasteiger partial charge on any atom is -0.495 e. The first-order valence-electron chi connectivity index (χ1n) is 10.9. The van der Waals surface area contributed by atoms with Gasteiger partial charge in [-0.05, 0) is 37.6 Å². The van der Waals surface area contributed by atoms with E-state index < -0.39 is 0 Å². The largest absolute Gasteiger partial charge is 0.495 e. The first kappa shape index (κ1) is 23.0. The summed E-state index contributed by atoms with van der Waals surface area (Å²) in [5, 5.41) is 7.83. The molecule has 2 N–H and O–H groups in total. The number of benzene rings is 1. The number of guanidine groups is 1. The Labute approximate surface area is 186 Å². The predicted molar refractivity (Wildman–Crippen MR) is 126 cm³/mol. The van der Waals surface area contributed by atoms with Gasteiger partial charge in [0.05, 0.1) is 12.8 Å². The lowest BCUT2D eigenvalue weighted by molar-refractivity contribution is 0.139. The molecule has 2 atom stereocenters. The van der Waals surface area contributed by atoms with Crippen molar-refractivity contribution < 1.29 is 4.74 Å². The second-order valence-electron chi connectivity index (χ2n) is 8.55. The Morgan fingerprint density at radius 1 is 1.27 bits per heavy atom. The standard InChI is InChI=1S/C22H37ClN6O/c1-17(15-28-11-9-27(3)10-12-28)14-25-22(24-2)26-19-7-8-29(16-19)20-13-18(23)5-6-21(20)30-4/h5-6,13,17,19H,7-12,14-16H2,1-4H3,(H2,24,25,26). The van der Waals surface area contributed by atoms with Gasteiger partial charge >= 0.3 is 0 Å². The fraction of sp³-hybridized carbons (Fsp3) is 0.682. The summed E-state index contributed by atoms with van der Waals surface area (Å²) in [7, 11) is 5.74. The van der Waals surface area contributed by atoms with Crippen LogP contribution in [0.2, 0.25) is 5.02 Å². The third-order valence-electron chi connectivity index (χ3n) is 6.02. The van der Waals surface area contributed by atoms with Gasteiger partial charge in [0.15, 0.2) is 5.96 Å². The minimum absolute atomic E-state index is 0.341. The molecule has 2 aliphatic heterocycles. The SMILES string of the molecule is CN=C(NCC(C)CN1CCN(C)CC1)NC1CCN(c2cc(Cl)ccc2OC)C1. The van der Waals surface area contributed by atoms with E-state index in [1.165, 1.54) is 26.2 Å². The molecule has 8 heteroatoms. The number of ether oxygens (including phenoxy) is 1. The van der Waals surface area contributed by atoms with Gasteiger partial charge in [-0.1, -0.05) is 18.5 Å². The van der Waals surface area contributed by atoms with Crippen LogP contribution in [0, 0.1) is 5.92 Å².